The van der Waals surface area contributed by atoms with Crippen molar-refractivity contribution in [3.63, 3.8) is 0 Å². The molecule has 134 valence electrons. The summed E-state index contributed by atoms with van der Waals surface area (Å²) >= 11 is 0. The van der Waals surface area contributed by atoms with Crippen molar-refractivity contribution in [3.8, 4) is 5.75 Å². The number of ether oxygens (including phenoxy) is 2. The third-order valence-corrected chi connectivity index (χ3v) is 4.12. The van der Waals surface area contributed by atoms with Crippen molar-refractivity contribution in [2.24, 2.45) is 4.99 Å². The number of benzene rings is 1. The van der Waals surface area contributed by atoms with E-state index in [1.165, 1.54) is 12.8 Å². The third-order valence-electron chi connectivity index (χ3n) is 4.12. The fraction of sp³-hybridized carbons (Fsp3) is 0.632. The van der Waals surface area contributed by atoms with Crippen molar-refractivity contribution in [2.45, 2.75) is 58.2 Å². The number of guanidine groups is 1. The summed E-state index contributed by atoms with van der Waals surface area (Å²) in [6.45, 7) is 6.21. The van der Waals surface area contributed by atoms with E-state index in [0.717, 1.165) is 36.7 Å². The largest absolute Gasteiger partial charge is 0.490 e. The lowest BCUT2D eigenvalue weighted by Gasteiger charge is -2.18. The van der Waals surface area contributed by atoms with Crippen molar-refractivity contribution < 1.29 is 9.47 Å². The zero-order valence-electron chi connectivity index (χ0n) is 15.2. The fourth-order valence-corrected chi connectivity index (χ4v) is 2.94. The van der Waals surface area contributed by atoms with Gasteiger partial charge in [0.1, 0.15) is 5.75 Å². The van der Waals surface area contributed by atoms with Gasteiger partial charge in [0.25, 0.3) is 0 Å². The molecule has 1 aliphatic carbocycles. The van der Waals surface area contributed by atoms with Crippen LogP contribution in [0.15, 0.2) is 29.3 Å². The minimum Gasteiger partial charge on any atom is -0.490 e. The maximum absolute atomic E-state index is 6.19. The molecule has 1 fully saturated rings. The summed E-state index contributed by atoms with van der Waals surface area (Å²) in [5.41, 5.74) is 1.13. The molecule has 0 amide bonds. The first-order chi connectivity index (χ1) is 11.7. The molecule has 0 spiro atoms. The van der Waals surface area contributed by atoms with Gasteiger partial charge in [0.05, 0.1) is 19.3 Å². The summed E-state index contributed by atoms with van der Waals surface area (Å²) < 4.78 is 11.4. The van der Waals surface area contributed by atoms with Crippen LogP contribution in [0.1, 0.15) is 45.1 Å². The van der Waals surface area contributed by atoms with Crippen LogP contribution in [0.3, 0.4) is 0 Å². The second-order valence-corrected chi connectivity index (χ2v) is 6.33. The maximum Gasteiger partial charge on any atom is 0.191 e. The van der Waals surface area contributed by atoms with E-state index in [2.05, 4.69) is 36.6 Å². The highest BCUT2D eigenvalue weighted by atomic mass is 16.5. The van der Waals surface area contributed by atoms with Crippen molar-refractivity contribution in [1.29, 1.82) is 0 Å². The van der Waals surface area contributed by atoms with Crippen LogP contribution in [0, 0.1) is 0 Å². The fourth-order valence-electron chi connectivity index (χ4n) is 2.94. The lowest BCUT2D eigenvalue weighted by atomic mass is 10.2. The van der Waals surface area contributed by atoms with Crippen LogP contribution < -0.4 is 15.4 Å². The molecule has 1 atom stereocenters. The van der Waals surface area contributed by atoms with Gasteiger partial charge in [-0.25, -0.2) is 4.99 Å². The molecule has 0 aliphatic heterocycles. The summed E-state index contributed by atoms with van der Waals surface area (Å²) in [6.07, 6.45) is 5.24. The first-order valence-corrected chi connectivity index (χ1v) is 9.01. The Kier molecular flexibility index (Phi) is 7.89. The molecule has 2 N–H and O–H groups in total. The number of para-hydroxylation sites is 1. The lowest BCUT2D eigenvalue weighted by Crippen LogP contribution is -2.43. The summed E-state index contributed by atoms with van der Waals surface area (Å²) in [4.78, 5) is 4.70. The monoisotopic (exact) mass is 333 g/mol. The number of rotatable bonds is 8. The Morgan fingerprint density at radius 2 is 2.04 bits per heavy atom. The normalized spacial score (nSPS) is 16.9. The number of aliphatic imine (C=N–C) groups is 1. The summed E-state index contributed by atoms with van der Waals surface area (Å²) in [7, 11) is 1.71. The van der Waals surface area contributed by atoms with Gasteiger partial charge >= 0.3 is 0 Å². The van der Waals surface area contributed by atoms with Gasteiger partial charge in [-0.1, -0.05) is 18.2 Å². The van der Waals surface area contributed by atoms with E-state index in [1.54, 1.807) is 7.11 Å². The van der Waals surface area contributed by atoms with Crippen LogP contribution in [0.4, 0.5) is 0 Å². The van der Waals surface area contributed by atoms with Gasteiger partial charge in [0.2, 0.25) is 0 Å². The van der Waals surface area contributed by atoms with E-state index in [4.69, 9.17) is 14.5 Å². The molecule has 1 aromatic carbocycles. The van der Waals surface area contributed by atoms with Gasteiger partial charge in [-0.15, -0.1) is 0 Å². The Balaban J connectivity index is 2.01. The smallest absolute Gasteiger partial charge is 0.191 e. The molecule has 0 aromatic heterocycles. The minimum atomic E-state index is 0.206. The Bertz CT molecular complexity index is 513. The lowest BCUT2D eigenvalue weighted by molar-refractivity contribution is 0.179. The summed E-state index contributed by atoms with van der Waals surface area (Å²) in [6, 6.07) is 8.42. The zero-order chi connectivity index (χ0) is 17.2. The van der Waals surface area contributed by atoms with Crippen LogP contribution in [-0.4, -0.2) is 38.4 Å². The molecule has 0 bridgehead atoms. The van der Waals surface area contributed by atoms with E-state index in [0.29, 0.717) is 19.3 Å². The number of methoxy groups -OCH3 is 1. The van der Waals surface area contributed by atoms with Crippen molar-refractivity contribution in [2.75, 3.05) is 20.3 Å². The van der Waals surface area contributed by atoms with Gasteiger partial charge in [0.15, 0.2) is 5.96 Å². The van der Waals surface area contributed by atoms with Crippen LogP contribution >= 0.6 is 0 Å². The van der Waals surface area contributed by atoms with Crippen molar-refractivity contribution >= 4 is 5.96 Å². The highest BCUT2D eigenvalue weighted by molar-refractivity contribution is 5.80. The third kappa shape index (κ3) is 6.04. The molecule has 2 rings (SSSR count). The molecule has 5 nitrogen and oxygen atoms in total. The van der Waals surface area contributed by atoms with Crippen LogP contribution in [-0.2, 0) is 11.3 Å². The summed E-state index contributed by atoms with van der Waals surface area (Å²) in [5.74, 6) is 1.77. The van der Waals surface area contributed by atoms with E-state index >= 15 is 0 Å². The first-order valence-electron chi connectivity index (χ1n) is 9.01. The Hall–Kier alpha value is -1.75. The molecule has 0 radical (unpaired) electrons. The van der Waals surface area contributed by atoms with Crippen molar-refractivity contribution in [3.05, 3.63) is 29.8 Å². The molecular weight excluding hydrogens is 302 g/mol. The van der Waals surface area contributed by atoms with Crippen LogP contribution in [0.25, 0.3) is 0 Å². The molecule has 1 unspecified atom stereocenters. The van der Waals surface area contributed by atoms with Gasteiger partial charge < -0.3 is 20.1 Å². The maximum atomic E-state index is 6.19. The second kappa shape index (κ2) is 10.2. The molecule has 0 heterocycles. The molecule has 1 aromatic rings. The standard InChI is InChI=1S/C19H31N3O2/c1-4-20-19(22-15(2)14-23-3)21-13-16-9-5-8-12-18(16)24-17-10-6-7-11-17/h5,8-9,12,15,17H,4,6-7,10-11,13-14H2,1-3H3,(H2,20,21,22). The molecular formula is C19H31N3O2. The first kappa shape index (κ1) is 18.6. The predicted octanol–water partition coefficient (Wildman–Crippen LogP) is 3.10. The van der Waals surface area contributed by atoms with Crippen molar-refractivity contribution in [1.82, 2.24) is 10.6 Å². The van der Waals surface area contributed by atoms with Gasteiger partial charge in [-0.05, 0) is 45.6 Å². The van der Waals surface area contributed by atoms with E-state index < -0.39 is 0 Å². The van der Waals surface area contributed by atoms with Crippen LogP contribution in [0.5, 0.6) is 5.75 Å². The van der Waals surface area contributed by atoms with Gasteiger partial charge in [-0.3, -0.25) is 0 Å². The van der Waals surface area contributed by atoms with E-state index in [9.17, 15) is 0 Å². The van der Waals surface area contributed by atoms with E-state index in [1.807, 2.05) is 12.1 Å². The SMILES string of the molecule is CCNC(=NCc1ccccc1OC1CCCC1)NC(C)COC. The molecule has 0 saturated heterocycles. The molecule has 1 aliphatic rings. The Morgan fingerprint density at radius 3 is 2.75 bits per heavy atom. The number of nitrogens with one attached hydrogen (secondary N) is 2. The minimum absolute atomic E-state index is 0.206. The average molecular weight is 333 g/mol. The highest BCUT2D eigenvalue weighted by Crippen LogP contribution is 2.26. The predicted molar refractivity (Wildman–Crippen MR) is 98.6 cm³/mol. The van der Waals surface area contributed by atoms with Crippen LogP contribution in [0.2, 0.25) is 0 Å². The number of hydrogen-bond donors (Lipinski definition) is 2. The number of hydrogen-bond acceptors (Lipinski definition) is 3. The quantitative estimate of drug-likeness (QED) is 0.567. The molecule has 24 heavy (non-hydrogen) atoms. The zero-order valence-corrected chi connectivity index (χ0v) is 15.2. The second-order valence-electron chi connectivity index (χ2n) is 6.33. The Labute approximate surface area is 145 Å². The number of nitrogens with zero attached hydrogens (tertiary/aromatic N) is 1. The molecule has 5 heteroatoms. The van der Waals surface area contributed by atoms with E-state index in [-0.39, 0.29) is 6.04 Å². The van der Waals surface area contributed by atoms with Gasteiger partial charge in [0, 0.05) is 25.3 Å². The topological polar surface area (TPSA) is 54.9 Å². The highest BCUT2D eigenvalue weighted by Gasteiger charge is 2.17. The van der Waals surface area contributed by atoms with Gasteiger partial charge in [-0.2, -0.15) is 0 Å². The Morgan fingerprint density at radius 1 is 1.29 bits per heavy atom. The molecule has 1 saturated carbocycles. The average Bonchev–Trinajstić information content (AvgIpc) is 3.07. The summed E-state index contributed by atoms with van der Waals surface area (Å²) in [5, 5.41) is 6.63.